The molecule has 0 amide bonds. The molecule has 1 rings (SSSR count). The Morgan fingerprint density at radius 2 is 2.22 bits per heavy atom. The van der Waals surface area contributed by atoms with Gasteiger partial charge >= 0.3 is 0 Å². The van der Waals surface area contributed by atoms with Gasteiger partial charge in [-0.05, 0) is 31.1 Å². The third kappa shape index (κ3) is 1.77. The van der Waals surface area contributed by atoms with Gasteiger partial charge in [0.2, 0.25) is 0 Å². The maximum absolute atomic E-state index is 9.68. The van der Waals surface area contributed by atoms with E-state index < -0.39 is 0 Å². The molecule has 2 nitrogen and oxygen atoms in total. The Morgan fingerprint density at radius 3 is 2.67 bits per heavy atom. The van der Waals surface area contributed by atoms with Crippen LogP contribution in [0.5, 0.6) is 0 Å². The number of nitrogens with zero attached hydrogens (tertiary/aromatic N) is 1. The molecule has 0 atom stereocenters. The van der Waals surface area contributed by atoms with Crippen molar-refractivity contribution in [1.82, 2.24) is 0 Å². The fourth-order valence-electron chi connectivity index (χ4n) is 1.54. The van der Waals surface area contributed by atoms with Crippen LogP contribution in [0.3, 0.4) is 0 Å². The van der Waals surface area contributed by atoms with Crippen LogP contribution in [0.1, 0.15) is 26.2 Å². The number of nitroso groups, excluding NO2 is 1. The fraction of sp³-hybridized carbons (Fsp3) is 1.00. The van der Waals surface area contributed by atoms with Crippen LogP contribution >= 0.6 is 0 Å². The minimum atomic E-state index is 0.525. The van der Waals surface area contributed by atoms with Crippen LogP contribution in [-0.4, -0.2) is 6.54 Å². The second-order valence-electron chi connectivity index (χ2n) is 3.08. The van der Waals surface area contributed by atoms with Crippen molar-refractivity contribution in [1.29, 1.82) is 0 Å². The van der Waals surface area contributed by atoms with E-state index in [1.807, 2.05) is 0 Å². The molecule has 1 saturated carbocycles. The lowest BCUT2D eigenvalue weighted by Gasteiger charge is -2.31. The molecule has 0 N–H and O–H groups in total. The zero-order valence-corrected chi connectivity index (χ0v) is 5.84. The van der Waals surface area contributed by atoms with Crippen molar-refractivity contribution in [2.24, 2.45) is 17.0 Å². The molecular formula is C7H13NO. The van der Waals surface area contributed by atoms with Crippen LogP contribution in [0.2, 0.25) is 0 Å². The van der Waals surface area contributed by atoms with Crippen LogP contribution < -0.4 is 0 Å². The molecule has 0 aromatic carbocycles. The van der Waals surface area contributed by atoms with E-state index in [-0.39, 0.29) is 0 Å². The molecule has 1 aliphatic rings. The van der Waals surface area contributed by atoms with Gasteiger partial charge in [-0.1, -0.05) is 12.1 Å². The van der Waals surface area contributed by atoms with Gasteiger partial charge in [-0.25, -0.2) is 0 Å². The second kappa shape index (κ2) is 2.95. The second-order valence-corrected chi connectivity index (χ2v) is 3.08. The van der Waals surface area contributed by atoms with Gasteiger partial charge in [-0.2, -0.15) is 4.91 Å². The predicted octanol–water partition coefficient (Wildman–Crippen LogP) is 2.19. The molecule has 9 heavy (non-hydrogen) atoms. The molecule has 0 saturated heterocycles. The van der Waals surface area contributed by atoms with Crippen molar-refractivity contribution < 1.29 is 0 Å². The minimum Gasteiger partial charge on any atom is -0.151 e. The van der Waals surface area contributed by atoms with Crippen LogP contribution in [0.4, 0.5) is 0 Å². The summed E-state index contributed by atoms with van der Waals surface area (Å²) in [6.45, 7) is 2.78. The molecule has 2 heteroatoms. The van der Waals surface area contributed by atoms with E-state index >= 15 is 0 Å². The summed E-state index contributed by atoms with van der Waals surface area (Å²) in [6.07, 6.45) is 3.65. The van der Waals surface area contributed by atoms with E-state index in [0.29, 0.717) is 6.54 Å². The Bertz CT molecular complexity index is 97.1. The van der Waals surface area contributed by atoms with Crippen molar-refractivity contribution in [2.45, 2.75) is 26.2 Å². The number of hydrogen-bond acceptors (Lipinski definition) is 2. The first kappa shape index (κ1) is 6.72. The zero-order chi connectivity index (χ0) is 6.69. The molecule has 0 radical (unpaired) electrons. The van der Waals surface area contributed by atoms with Crippen molar-refractivity contribution in [3.63, 3.8) is 0 Å². The average Bonchev–Trinajstić information content (AvgIpc) is 1.78. The van der Waals surface area contributed by atoms with Crippen molar-refractivity contribution in [3.8, 4) is 0 Å². The summed E-state index contributed by atoms with van der Waals surface area (Å²) in [5.74, 6) is 1.72. The first-order valence-corrected chi connectivity index (χ1v) is 3.62. The monoisotopic (exact) mass is 127 g/mol. The maximum Gasteiger partial charge on any atom is 0.0813 e. The van der Waals surface area contributed by atoms with Gasteiger partial charge < -0.3 is 0 Å². The quantitative estimate of drug-likeness (QED) is 0.534. The summed E-state index contributed by atoms with van der Waals surface area (Å²) in [5, 5.41) is 2.83. The first-order valence-electron chi connectivity index (χ1n) is 3.62. The molecule has 1 fully saturated rings. The lowest BCUT2D eigenvalue weighted by Crippen LogP contribution is -2.21. The smallest absolute Gasteiger partial charge is 0.0813 e. The van der Waals surface area contributed by atoms with Gasteiger partial charge in [0.05, 0.1) is 6.54 Å². The first-order chi connectivity index (χ1) is 4.33. The Balaban J connectivity index is 1.97. The summed E-state index contributed by atoms with van der Waals surface area (Å²) in [6, 6.07) is 0. The molecule has 1 aliphatic carbocycles. The summed E-state index contributed by atoms with van der Waals surface area (Å²) in [4.78, 5) is 9.68. The standard InChI is InChI=1S/C7H13NO/c1-6-4-7(5-6)2-3-8-9/h6-7H,2-5H2,1H3. The van der Waals surface area contributed by atoms with Crippen LogP contribution in [0.25, 0.3) is 0 Å². The van der Waals surface area contributed by atoms with E-state index in [1.54, 1.807) is 0 Å². The third-order valence-corrected chi connectivity index (χ3v) is 2.10. The molecule has 0 aliphatic heterocycles. The van der Waals surface area contributed by atoms with Crippen molar-refractivity contribution >= 4 is 0 Å². The zero-order valence-electron chi connectivity index (χ0n) is 5.84. The van der Waals surface area contributed by atoms with Crippen molar-refractivity contribution in [2.75, 3.05) is 6.54 Å². The highest BCUT2D eigenvalue weighted by atomic mass is 16.3. The molecule has 0 unspecified atom stereocenters. The van der Waals surface area contributed by atoms with Crippen LogP contribution in [-0.2, 0) is 0 Å². The van der Waals surface area contributed by atoms with Gasteiger partial charge in [0.1, 0.15) is 0 Å². The van der Waals surface area contributed by atoms with Crippen LogP contribution in [0, 0.1) is 16.7 Å². The van der Waals surface area contributed by atoms with E-state index in [9.17, 15) is 4.91 Å². The van der Waals surface area contributed by atoms with Crippen LogP contribution in [0.15, 0.2) is 5.18 Å². The molecule has 52 valence electrons. The highest BCUT2D eigenvalue weighted by molar-refractivity contribution is 4.76. The normalized spacial score (nSPS) is 33.4. The van der Waals surface area contributed by atoms with Gasteiger partial charge in [-0.15, -0.1) is 0 Å². The van der Waals surface area contributed by atoms with Gasteiger partial charge in [0.25, 0.3) is 0 Å². The molecular weight excluding hydrogens is 114 g/mol. The summed E-state index contributed by atoms with van der Waals surface area (Å²) in [7, 11) is 0. The Morgan fingerprint density at radius 1 is 1.56 bits per heavy atom. The SMILES string of the molecule is CC1CC(CCN=O)C1. The predicted molar refractivity (Wildman–Crippen MR) is 37.2 cm³/mol. The van der Waals surface area contributed by atoms with Gasteiger partial charge in [0, 0.05) is 0 Å². The molecule has 0 aromatic heterocycles. The van der Waals surface area contributed by atoms with Gasteiger partial charge in [-0.3, -0.25) is 0 Å². The Hall–Kier alpha value is -0.400. The molecule has 0 spiro atoms. The largest absolute Gasteiger partial charge is 0.151 e. The number of hydrogen-bond donors (Lipinski definition) is 0. The van der Waals surface area contributed by atoms with Crippen molar-refractivity contribution in [3.05, 3.63) is 4.91 Å². The minimum absolute atomic E-state index is 0.525. The lowest BCUT2D eigenvalue weighted by atomic mass is 9.74. The Kier molecular flexibility index (Phi) is 2.20. The summed E-state index contributed by atoms with van der Waals surface area (Å²) >= 11 is 0. The van der Waals surface area contributed by atoms with E-state index in [1.165, 1.54) is 12.8 Å². The Labute approximate surface area is 55.6 Å². The summed E-state index contributed by atoms with van der Waals surface area (Å²) < 4.78 is 0. The summed E-state index contributed by atoms with van der Waals surface area (Å²) in [5.41, 5.74) is 0. The van der Waals surface area contributed by atoms with E-state index in [0.717, 1.165) is 18.3 Å². The number of rotatable bonds is 3. The van der Waals surface area contributed by atoms with E-state index in [4.69, 9.17) is 0 Å². The average molecular weight is 127 g/mol. The molecule has 0 heterocycles. The maximum atomic E-state index is 9.68. The topological polar surface area (TPSA) is 29.4 Å². The highest BCUT2D eigenvalue weighted by Gasteiger charge is 2.24. The highest BCUT2D eigenvalue weighted by Crippen LogP contribution is 2.35. The third-order valence-electron chi connectivity index (χ3n) is 2.10. The molecule has 0 aromatic rings. The van der Waals surface area contributed by atoms with Gasteiger partial charge in [0.15, 0.2) is 0 Å². The molecule has 0 bridgehead atoms. The fourth-order valence-corrected chi connectivity index (χ4v) is 1.54. The lowest BCUT2D eigenvalue weighted by molar-refractivity contribution is 0.203. The van der Waals surface area contributed by atoms with E-state index in [2.05, 4.69) is 12.1 Å².